The summed E-state index contributed by atoms with van der Waals surface area (Å²) >= 11 is 0. The predicted octanol–water partition coefficient (Wildman–Crippen LogP) is 3.94. The molecule has 2 N–H and O–H groups in total. The Morgan fingerprint density at radius 3 is 2.14 bits per heavy atom. The number of anilines is 1. The highest BCUT2D eigenvalue weighted by molar-refractivity contribution is 6.02. The molecular weight excluding hydrogens is 478 g/mol. The van der Waals surface area contributed by atoms with Crippen molar-refractivity contribution in [3.63, 3.8) is 0 Å². The number of ether oxygens (including phenoxy) is 3. The molecule has 0 aliphatic carbocycles. The van der Waals surface area contributed by atoms with Gasteiger partial charge in [-0.1, -0.05) is 0 Å². The van der Waals surface area contributed by atoms with E-state index in [-0.39, 0.29) is 30.1 Å². The predicted molar refractivity (Wildman–Crippen MR) is 137 cm³/mol. The fourth-order valence-electron chi connectivity index (χ4n) is 3.63. The summed E-state index contributed by atoms with van der Waals surface area (Å²) in [4.78, 5) is 29.1. The second-order valence-electron chi connectivity index (χ2n) is 8.32. The first-order chi connectivity index (χ1) is 17.8. The van der Waals surface area contributed by atoms with E-state index in [0.29, 0.717) is 19.0 Å². The van der Waals surface area contributed by atoms with Gasteiger partial charge in [0.05, 0.1) is 30.0 Å². The Morgan fingerprint density at radius 1 is 0.838 bits per heavy atom. The number of pyridine rings is 1. The van der Waals surface area contributed by atoms with E-state index in [9.17, 15) is 9.59 Å². The van der Waals surface area contributed by atoms with Crippen molar-refractivity contribution >= 4 is 23.3 Å². The number of nitrogens with zero attached hydrogens (tertiary/aromatic N) is 3. The minimum absolute atomic E-state index is 0.176. The number of fused-ring (bicyclic) bond motifs is 1. The number of carboxylic acids is 2. The van der Waals surface area contributed by atoms with Crippen molar-refractivity contribution in [2.24, 2.45) is 0 Å². The SMILES string of the molecule is CN(C)c1ccn2cc(-c3ccc(OCCOCCOc4ccc(C(=O)O)c(C(=O)O)c4)cc3)nc2c1. The fourth-order valence-corrected chi connectivity index (χ4v) is 3.63. The average Bonchev–Trinajstić information content (AvgIpc) is 3.31. The van der Waals surface area contributed by atoms with Gasteiger partial charge < -0.3 is 33.7 Å². The molecule has 0 spiro atoms. The van der Waals surface area contributed by atoms with Gasteiger partial charge in [0.25, 0.3) is 0 Å². The topological polar surface area (TPSA) is 123 Å². The summed E-state index contributed by atoms with van der Waals surface area (Å²) in [6.45, 7) is 1.12. The second kappa shape index (κ2) is 11.4. The average molecular weight is 506 g/mol. The standard InChI is InChI=1S/C27H27N3O7/c1-29(2)19-9-10-30-17-24(28-25(30)15-19)18-3-5-20(6-4-18)36-13-11-35-12-14-37-21-7-8-22(26(31)32)23(16-21)27(33)34/h3-10,15-17H,11-14H2,1-2H3,(H,31,32)(H,33,34). The largest absolute Gasteiger partial charge is 0.491 e. The van der Waals surface area contributed by atoms with Crippen LogP contribution in [0, 0.1) is 0 Å². The molecule has 4 rings (SSSR count). The monoisotopic (exact) mass is 505 g/mol. The zero-order valence-electron chi connectivity index (χ0n) is 20.5. The van der Waals surface area contributed by atoms with E-state index in [1.54, 1.807) is 0 Å². The zero-order chi connectivity index (χ0) is 26.4. The highest BCUT2D eigenvalue weighted by Crippen LogP contribution is 2.24. The molecule has 2 heterocycles. The van der Waals surface area contributed by atoms with Gasteiger partial charge in [0, 0.05) is 43.8 Å². The van der Waals surface area contributed by atoms with Gasteiger partial charge in [0.2, 0.25) is 0 Å². The first kappa shape index (κ1) is 25.5. The van der Waals surface area contributed by atoms with Gasteiger partial charge in [-0.25, -0.2) is 14.6 Å². The van der Waals surface area contributed by atoms with Crippen molar-refractivity contribution < 1.29 is 34.0 Å². The summed E-state index contributed by atoms with van der Waals surface area (Å²) in [5.41, 5.74) is 3.20. The van der Waals surface area contributed by atoms with Crippen LogP contribution in [0.2, 0.25) is 0 Å². The van der Waals surface area contributed by atoms with Crippen LogP contribution in [-0.4, -0.2) is 72.1 Å². The molecule has 0 aliphatic rings. The first-order valence-electron chi connectivity index (χ1n) is 11.5. The molecule has 2 aromatic heterocycles. The Kier molecular flexibility index (Phi) is 7.89. The molecule has 0 saturated carbocycles. The van der Waals surface area contributed by atoms with Crippen molar-refractivity contribution in [3.8, 4) is 22.8 Å². The number of rotatable bonds is 12. The molecule has 2 aromatic carbocycles. The molecule has 37 heavy (non-hydrogen) atoms. The third kappa shape index (κ3) is 6.36. The van der Waals surface area contributed by atoms with Crippen molar-refractivity contribution in [2.45, 2.75) is 0 Å². The van der Waals surface area contributed by atoms with E-state index < -0.39 is 11.9 Å². The molecule has 0 bridgehead atoms. The van der Waals surface area contributed by atoms with Crippen molar-refractivity contribution in [1.82, 2.24) is 9.38 Å². The van der Waals surface area contributed by atoms with Gasteiger partial charge in [-0.05, 0) is 48.5 Å². The number of imidazole rings is 1. The molecule has 0 radical (unpaired) electrons. The van der Waals surface area contributed by atoms with Gasteiger partial charge in [-0.2, -0.15) is 0 Å². The smallest absolute Gasteiger partial charge is 0.336 e. The van der Waals surface area contributed by atoms with E-state index in [1.165, 1.54) is 18.2 Å². The number of hydrogen-bond donors (Lipinski definition) is 2. The van der Waals surface area contributed by atoms with Crippen LogP contribution in [0.25, 0.3) is 16.9 Å². The van der Waals surface area contributed by atoms with Crippen LogP contribution in [0.1, 0.15) is 20.7 Å². The van der Waals surface area contributed by atoms with Crippen LogP contribution in [0.3, 0.4) is 0 Å². The summed E-state index contributed by atoms with van der Waals surface area (Å²) < 4.78 is 18.7. The summed E-state index contributed by atoms with van der Waals surface area (Å²) in [6.07, 6.45) is 3.98. The lowest BCUT2D eigenvalue weighted by Crippen LogP contribution is -2.13. The molecule has 10 heteroatoms. The van der Waals surface area contributed by atoms with Crippen molar-refractivity contribution in [1.29, 1.82) is 0 Å². The Labute approximate surface area is 213 Å². The van der Waals surface area contributed by atoms with E-state index in [1.807, 2.05) is 72.2 Å². The number of carboxylic acid groups (broad SMARTS) is 2. The summed E-state index contributed by atoms with van der Waals surface area (Å²) in [6, 6.07) is 15.6. The third-order valence-corrected chi connectivity index (χ3v) is 5.55. The molecule has 0 saturated heterocycles. The number of aromatic nitrogens is 2. The molecule has 10 nitrogen and oxygen atoms in total. The Bertz CT molecular complexity index is 1400. The molecule has 0 unspecified atom stereocenters. The maximum Gasteiger partial charge on any atom is 0.336 e. The summed E-state index contributed by atoms with van der Waals surface area (Å²) in [5.74, 6) is -1.68. The highest BCUT2D eigenvalue weighted by Gasteiger charge is 2.16. The Hall–Kier alpha value is -4.57. The molecule has 4 aromatic rings. The van der Waals surface area contributed by atoms with Crippen LogP contribution in [-0.2, 0) is 4.74 Å². The van der Waals surface area contributed by atoms with Crippen molar-refractivity contribution in [3.05, 3.63) is 78.1 Å². The fraction of sp³-hybridized carbons (Fsp3) is 0.222. The minimum Gasteiger partial charge on any atom is -0.491 e. The van der Waals surface area contributed by atoms with Gasteiger partial charge in [-0.15, -0.1) is 0 Å². The van der Waals surface area contributed by atoms with E-state index in [0.717, 1.165) is 22.6 Å². The quantitative estimate of drug-likeness (QED) is 0.276. The molecule has 0 atom stereocenters. The Morgan fingerprint density at radius 2 is 1.49 bits per heavy atom. The van der Waals surface area contributed by atoms with Crippen LogP contribution in [0.4, 0.5) is 5.69 Å². The van der Waals surface area contributed by atoms with Crippen LogP contribution < -0.4 is 14.4 Å². The van der Waals surface area contributed by atoms with Crippen LogP contribution in [0.15, 0.2) is 67.0 Å². The van der Waals surface area contributed by atoms with Gasteiger partial charge in [-0.3, -0.25) is 0 Å². The van der Waals surface area contributed by atoms with Gasteiger partial charge >= 0.3 is 11.9 Å². The normalized spacial score (nSPS) is 10.9. The second-order valence-corrected chi connectivity index (χ2v) is 8.32. The lowest BCUT2D eigenvalue weighted by Gasteiger charge is -2.11. The van der Waals surface area contributed by atoms with E-state index in [4.69, 9.17) is 29.4 Å². The molecule has 192 valence electrons. The van der Waals surface area contributed by atoms with Gasteiger partial charge in [0.15, 0.2) is 0 Å². The zero-order valence-corrected chi connectivity index (χ0v) is 20.5. The maximum absolute atomic E-state index is 11.2. The summed E-state index contributed by atoms with van der Waals surface area (Å²) in [5, 5.41) is 18.2. The maximum atomic E-state index is 11.2. The molecular formula is C27H27N3O7. The van der Waals surface area contributed by atoms with E-state index in [2.05, 4.69) is 0 Å². The number of aromatic carboxylic acids is 2. The molecule has 0 aliphatic heterocycles. The first-order valence-corrected chi connectivity index (χ1v) is 11.5. The van der Waals surface area contributed by atoms with Crippen molar-refractivity contribution in [2.75, 3.05) is 45.4 Å². The lowest BCUT2D eigenvalue weighted by atomic mass is 10.1. The number of carbonyl (C=O) groups is 2. The molecule has 0 amide bonds. The molecule has 0 fully saturated rings. The van der Waals surface area contributed by atoms with E-state index >= 15 is 0 Å². The third-order valence-electron chi connectivity index (χ3n) is 5.55. The van der Waals surface area contributed by atoms with Crippen LogP contribution >= 0.6 is 0 Å². The Balaban J connectivity index is 1.20. The van der Waals surface area contributed by atoms with Crippen LogP contribution in [0.5, 0.6) is 11.5 Å². The lowest BCUT2D eigenvalue weighted by molar-refractivity contribution is 0.0649. The number of benzene rings is 2. The minimum atomic E-state index is -1.33. The van der Waals surface area contributed by atoms with Gasteiger partial charge in [0.1, 0.15) is 30.4 Å². The summed E-state index contributed by atoms with van der Waals surface area (Å²) in [7, 11) is 3.99. The highest BCUT2D eigenvalue weighted by atomic mass is 16.5. The number of hydrogen-bond acceptors (Lipinski definition) is 7.